The monoisotopic (exact) mass is 385 g/mol. The van der Waals surface area contributed by atoms with Crippen molar-refractivity contribution < 1.29 is 14.3 Å². The van der Waals surface area contributed by atoms with Crippen molar-refractivity contribution in [3.63, 3.8) is 0 Å². The van der Waals surface area contributed by atoms with E-state index in [1.165, 1.54) is 0 Å². The molecule has 3 aromatic carbocycles. The lowest BCUT2D eigenvalue weighted by Gasteiger charge is -2.08. The first kappa shape index (κ1) is 20.2. The van der Waals surface area contributed by atoms with Gasteiger partial charge in [0.1, 0.15) is 5.75 Å². The highest BCUT2D eigenvalue weighted by atomic mass is 16.5. The molecule has 0 heterocycles. The Morgan fingerprint density at radius 2 is 1.31 bits per heavy atom. The van der Waals surface area contributed by atoms with Crippen molar-refractivity contribution in [1.82, 2.24) is 0 Å². The Hall–Kier alpha value is -3.58. The van der Waals surface area contributed by atoms with Crippen LogP contribution < -0.4 is 4.74 Å². The first-order valence-electron chi connectivity index (χ1n) is 9.66. The topological polar surface area (TPSA) is 39.9 Å². The molecular formula is C25H23NO3. The highest BCUT2D eigenvalue weighted by Gasteiger charge is 2.03. The molecule has 4 heteroatoms. The molecule has 0 unspecified atom stereocenters. The molecule has 0 saturated carbocycles. The first-order valence-corrected chi connectivity index (χ1v) is 9.66. The lowest BCUT2D eigenvalue weighted by Crippen LogP contribution is -2.06. The first-order chi connectivity index (χ1) is 14.2. The largest absolute Gasteiger partial charge is 0.494 e. The zero-order chi connectivity index (χ0) is 20.5. The van der Waals surface area contributed by atoms with E-state index in [4.69, 9.17) is 16.0 Å². The zero-order valence-corrected chi connectivity index (χ0v) is 16.4. The number of nitrogens with zero attached hydrogens (tertiary/aromatic N) is 1. The van der Waals surface area contributed by atoms with E-state index in [0.29, 0.717) is 31.7 Å². The Balaban J connectivity index is 1.57. The van der Waals surface area contributed by atoms with Gasteiger partial charge < -0.3 is 9.47 Å². The number of carbonyl (C=O) groups excluding carboxylic acids is 1. The molecule has 0 saturated heterocycles. The van der Waals surface area contributed by atoms with Gasteiger partial charge in [-0.25, -0.2) is 4.85 Å². The summed E-state index contributed by atoms with van der Waals surface area (Å²) in [5.74, 6) is 0.603. The second-order valence-corrected chi connectivity index (χ2v) is 6.52. The average Bonchev–Trinajstić information content (AvgIpc) is 2.78. The van der Waals surface area contributed by atoms with Gasteiger partial charge >= 0.3 is 5.97 Å². The molecule has 0 spiro atoms. The molecule has 0 bridgehead atoms. The van der Waals surface area contributed by atoms with Crippen molar-refractivity contribution in [2.75, 3.05) is 13.2 Å². The Kier molecular flexibility index (Phi) is 7.02. The summed E-state index contributed by atoms with van der Waals surface area (Å²) in [5.41, 5.74) is 5.09. The third-order valence-corrected chi connectivity index (χ3v) is 4.50. The Labute approximate surface area is 171 Å². The van der Waals surface area contributed by atoms with Crippen LogP contribution in [0.3, 0.4) is 0 Å². The number of esters is 1. The quantitative estimate of drug-likeness (QED) is 0.260. The lowest BCUT2D eigenvalue weighted by atomic mass is 10.0. The van der Waals surface area contributed by atoms with Crippen LogP contribution in [-0.2, 0) is 9.53 Å². The molecule has 0 amide bonds. The van der Waals surface area contributed by atoms with Crippen LogP contribution in [0.2, 0.25) is 0 Å². The van der Waals surface area contributed by atoms with Crippen molar-refractivity contribution in [2.45, 2.75) is 19.8 Å². The molecule has 0 aliphatic carbocycles. The maximum Gasteiger partial charge on any atom is 0.305 e. The summed E-state index contributed by atoms with van der Waals surface area (Å²) in [7, 11) is 0. The van der Waals surface area contributed by atoms with E-state index in [0.717, 1.165) is 28.0 Å². The Bertz CT molecular complexity index is 969. The summed E-state index contributed by atoms with van der Waals surface area (Å²) in [5, 5.41) is 0. The van der Waals surface area contributed by atoms with Crippen LogP contribution in [0.15, 0.2) is 72.8 Å². The van der Waals surface area contributed by atoms with E-state index in [-0.39, 0.29) is 5.97 Å². The summed E-state index contributed by atoms with van der Waals surface area (Å²) in [4.78, 5) is 14.7. The van der Waals surface area contributed by atoms with E-state index in [1.807, 2.05) is 48.5 Å². The third kappa shape index (κ3) is 5.70. The third-order valence-electron chi connectivity index (χ3n) is 4.50. The van der Waals surface area contributed by atoms with Crippen LogP contribution >= 0.6 is 0 Å². The Morgan fingerprint density at radius 3 is 1.79 bits per heavy atom. The molecule has 0 aliphatic heterocycles. The van der Waals surface area contributed by atoms with Crippen LogP contribution in [-0.4, -0.2) is 19.2 Å². The molecule has 3 aromatic rings. The molecule has 3 rings (SSSR count). The summed E-state index contributed by atoms with van der Waals surface area (Å²) in [6, 6.07) is 23.9. The highest BCUT2D eigenvalue weighted by molar-refractivity contribution is 5.72. The SMILES string of the molecule is [C-]#[N+]c1ccc(-c2ccc(-c3ccc(OCCCC(=O)OCC)cc3)cc2)cc1. The van der Waals surface area contributed by atoms with Crippen molar-refractivity contribution in [3.05, 3.63) is 84.2 Å². The number of rotatable bonds is 8. The van der Waals surface area contributed by atoms with E-state index in [9.17, 15) is 4.79 Å². The van der Waals surface area contributed by atoms with Crippen molar-refractivity contribution in [1.29, 1.82) is 0 Å². The lowest BCUT2D eigenvalue weighted by molar-refractivity contribution is -0.143. The molecule has 0 N–H and O–H groups in total. The molecule has 0 radical (unpaired) electrons. The summed E-state index contributed by atoms with van der Waals surface area (Å²) in [6.07, 6.45) is 1.01. The predicted molar refractivity (Wildman–Crippen MR) is 115 cm³/mol. The van der Waals surface area contributed by atoms with E-state index in [1.54, 1.807) is 6.92 Å². The van der Waals surface area contributed by atoms with Gasteiger partial charge in [0.05, 0.1) is 19.8 Å². The zero-order valence-electron chi connectivity index (χ0n) is 16.4. The minimum atomic E-state index is -0.183. The van der Waals surface area contributed by atoms with Crippen LogP contribution in [0.4, 0.5) is 5.69 Å². The predicted octanol–water partition coefficient (Wildman–Crippen LogP) is 6.29. The summed E-state index contributed by atoms with van der Waals surface area (Å²) < 4.78 is 10.6. The number of ether oxygens (including phenoxy) is 2. The Morgan fingerprint density at radius 1 is 0.828 bits per heavy atom. The molecule has 0 atom stereocenters. The summed E-state index contributed by atoms with van der Waals surface area (Å²) >= 11 is 0. The fourth-order valence-electron chi connectivity index (χ4n) is 2.97. The average molecular weight is 385 g/mol. The van der Waals surface area contributed by atoms with Gasteiger partial charge in [-0.2, -0.15) is 0 Å². The minimum absolute atomic E-state index is 0.183. The van der Waals surface area contributed by atoms with E-state index >= 15 is 0 Å². The number of carbonyl (C=O) groups is 1. The molecule has 0 fully saturated rings. The van der Waals surface area contributed by atoms with Crippen molar-refractivity contribution >= 4 is 11.7 Å². The maximum atomic E-state index is 11.3. The van der Waals surface area contributed by atoms with Crippen LogP contribution in [0.1, 0.15) is 19.8 Å². The second kappa shape index (κ2) is 10.1. The smallest absolute Gasteiger partial charge is 0.305 e. The van der Waals surface area contributed by atoms with E-state index in [2.05, 4.69) is 29.1 Å². The van der Waals surface area contributed by atoms with Gasteiger partial charge in [0, 0.05) is 6.42 Å². The number of hydrogen-bond donors (Lipinski definition) is 0. The van der Waals surface area contributed by atoms with Gasteiger partial charge in [-0.3, -0.25) is 4.79 Å². The molecule has 0 aromatic heterocycles. The fraction of sp³-hybridized carbons (Fsp3) is 0.200. The van der Waals surface area contributed by atoms with Gasteiger partial charge in [0.15, 0.2) is 5.69 Å². The van der Waals surface area contributed by atoms with Gasteiger partial charge in [-0.15, -0.1) is 0 Å². The number of benzene rings is 3. The van der Waals surface area contributed by atoms with Crippen molar-refractivity contribution in [3.8, 4) is 28.0 Å². The van der Waals surface area contributed by atoms with Crippen LogP contribution in [0, 0.1) is 6.57 Å². The molecule has 29 heavy (non-hydrogen) atoms. The molecule has 4 nitrogen and oxygen atoms in total. The standard InChI is InChI=1S/C25H23NO3/c1-3-28-25(27)5-4-18-29-24-16-12-22(13-17-24)20-8-6-19(7-9-20)21-10-14-23(26-2)15-11-21/h6-17H,3-5,18H2,1H3. The maximum absolute atomic E-state index is 11.3. The fourth-order valence-corrected chi connectivity index (χ4v) is 2.97. The van der Waals surface area contributed by atoms with Gasteiger partial charge in [-0.05, 0) is 47.7 Å². The summed E-state index contributed by atoms with van der Waals surface area (Å²) in [6.45, 7) is 9.74. The normalized spacial score (nSPS) is 10.2. The van der Waals surface area contributed by atoms with Gasteiger partial charge in [0.2, 0.25) is 0 Å². The van der Waals surface area contributed by atoms with Crippen LogP contribution in [0.25, 0.3) is 27.1 Å². The van der Waals surface area contributed by atoms with E-state index < -0.39 is 0 Å². The minimum Gasteiger partial charge on any atom is -0.494 e. The number of hydrogen-bond acceptors (Lipinski definition) is 3. The molecule has 0 aliphatic rings. The van der Waals surface area contributed by atoms with Crippen LogP contribution in [0.5, 0.6) is 5.75 Å². The van der Waals surface area contributed by atoms with Gasteiger partial charge in [0.25, 0.3) is 0 Å². The van der Waals surface area contributed by atoms with Gasteiger partial charge in [-0.1, -0.05) is 60.7 Å². The second-order valence-electron chi connectivity index (χ2n) is 6.52. The van der Waals surface area contributed by atoms with Crippen molar-refractivity contribution in [2.24, 2.45) is 0 Å². The molecular weight excluding hydrogens is 362 g/mol. The molecule has 146 valence electrons. The highest BCUT2D eigenvalue weighted by Crippen LogP contribution is 2.27.